The van der Waals surface area contributed by atoms with Gasteiger partial charge in [-0.15, -0.1) is 0 Å². The fourth-order valence-corrected chi connectivity index (χ4v) is 5.05. The Morgan fingerprint density at radius 1 is 0.966 bits per heavy atom. The molecule has 1 aliphatic heterocycles. The van der Waals surface area contributed by atoms with E-state index in [1.807, 2.05) is 10.6 Å². The van der Waals surface area contributed by atoms with Crippen molar-refractivity contribution in [2.45, 2.75) is 56.8 Å². The molecule has 2 unspecified atom stereocenters. The lowest BCUT2D eigenvalue weighted by molar-refractivity contribution is 0.0111. The highest BCUT2D eigenvalue weighted by atomic mass is 16.4. The standard InChI is InChI=1S/C24H25NO4/c26-22-13-25-20-12-17(24(28)29)7-6-16(20)11-21(25)18-9-8-15(10-19(18)23(22)27)14-4-2-1-3-5-14/h6-12,14,22-23,26-27H,1-5,13H2,(H,28,29). The van der Waals surface area contributed by atoms with E-state index in [0.717, 1.165) is 27.7 Å². The van der Waals surface area contributed by atoms with Gasteiger partial charge in [-0.3, -0.25) is 0 Å². The molecular formula is C24H25NO4. The van der Waals surface area contributed by atoms with Gasteiger partial charge in [0.1, 0.15) is 12.2 Å². The maximum absolute atomic E-state index is 11.4. The smallest absolute Gasteiger partial charge is 0.335 e. The van der Waals surface area contributed by atoms with E-state index in [9.17, 15) is 20.1 Å². The van der Waals surface area contributed by atoms with Crippen molar-refractivity contribution in [1.82, 2.24) is 4.57 Å². The molecule has 5 rings (SSSR count). The molecule has 3 aromatic rings. The van der Waals surface area contributed by atoms with Crippen molar-refractivity contribution >= 4 is 16.9 Å². The first-order valence-electron chi connectivity index (χ1n) is 10.4. The van der Waals surface area contributed by atoms with Crippen molar-refractivity contribution in [3.63, 3.8) is 0 Å². The van der Waals surface area contributed by atoms with E-state index in [1.165, 1.54) is 37.7 Å². The van der Waals surface area contributed by atoms with Crippen LogP contribution in [0, 0.1) is 0 Å². The Balaban J connectivity index is 1.67. The van der Waals surface area contributed by atoms with E-state index in [0.29, 0.717) is 5.92 Å². The monoisotopic (exact) mass is 391 g/mol. The Hall–Kier alpha value is -2.63. The van der Waals surface area contributed by atoms with Crippen LogP contribution in [0.3, 0.4) is 0 Å². The molecule has 2 aliphatic rings. The number of benzene rings is 2. The highest BCUT2D eigenvalue weighted by molar-refractivity contribution is 5.95. The normalized spacial score (nSPS) is 22.1. The fourth-order valence-electron chi connectivity index (χ4n) is 5.05. The van der Waals surface area contributed by atoms with E-state index in [-0.39, 0.29) is 12.1 Å². The van der Waals surface area contributed by atoms with Crippen LogP contribution in [0.25, 0.3) is 22.2 Å². The highest BCUT2D eigenvalue weighted by Crippen LogP contribution is 2.41. The second-order valence-electron chi connectivity index (χ2n) is 8.41. The summed E-state index contributed by atoms with van der Waals surface area (Å²) in [5.41, 5.74) is 4.79. The van der Waals surface area contributed by atoms with Crippen molar-refractivity contribution in [2.24, 2.45) is 0 Å². The molecule has 150 valence electrons. The summed E-state index contributed by atoms with van der Waals surface area (Å²) < 4.78 is 1.93. The van der Waals surface area contributed by atoms with Crippen LogP contribution in [-0.4, -0.2) is 32.0 Å². The number of hydrogen-bond acceptors (Lipinski definition) is 3. The molecule has 0 spiro atoms. The summed E-state index contributed by atoms with van der Waals surface area (Å²) in [5, 5.41) is 31.9. The van der Waals surface area contributed by atoms with Gasteiger partial charge in [0, 0.05) is 22.2 Å². The fraction of sp³-hybridized carbons (Fsp3) is 0.375. The number of carboxylic acids is 1. The first kappa shape index (κ1) is 18.4. The number of aromatic nitrogens is 1. The highest BCUT2D eigenvalue weighted by Gasteiger charge is 2.30. The summed E-state index contributed by atoms with van der Waals surface area (Å²) in [6.07, 6.45) is 4.21. The molecule has 0 bridgehead atoms. The molecule has 0 amide bonds. The average Bonchev–Trinajstić information content (AvgIpc) is 3.06. The van der Waals surface area contributed by atoms with Crippen LogP contribution >= 0.6 is 0 Å². The Morgan fingerprint density at radius 2 is 1.76 bits per heavy atom. The lowest BCUT2D eigenvalue weighted by atomic mass is 9.82. The third-order valence-electron chi connectivity index (χ3n) is 6.63. The van der Waals surface area contributed by atoms with Crippen LogP contribution in [0.15, 0.2) is 42.5 Å². The minimum Gasteiger partial charge on any atom is -0.478 e. The van der Waals surface area contributed by atoms with Gasteiger partial charge in [-0.05, 0) is 48.1 Å². The topological polar surface area (TPSA) is 82.7 Å². The summed E-state index contributed by atoms with van der Waals surface area (Å²) in [4.78, 5) is 11.4. The Labute approximate surface area is 169 Å². The summed E-state index contributed by atoms with van der Waals surface area (Å²) in [6.45, 7) is 0.219. The molecule has 0 saturated heterocycles. The third-order valence-corrected chi connectivity index (χ3v) is 6.63. The second-order valence-corrected chi connectivity index (χ2v) is 8.41. The molecule has 29 heavy (non-hydrogen) atoms. The molecule has 1 fully saturated rings. The number of carboxylic acid groups (broad SMARTS) is 1. The molecule has 5 nitrogen and oxygen atoms in total. The van der Waals surface area contributed by atoms with Crippen LogP contribution in [0.2, 0.25) is 0 Å². The van der Waals surface area contributed by atoms with Crippen molar-refractivity contribution in [1.29, 1.82) is 0 Å². The SMILES string of the molecule is O=C(O)c1ccc2cc3n(c2c1)CC(O)C(O)c1cc(C2CCCCC2)ccc1-3. The number of nitrogens with zero attached hydrogens (tertiary/aromatic N) is 1. The third kappa shape index (κ3) is 3.05. The van der Waals surface area contributed by atoms with Gasteiger partial charge in [0.25, 0.3) is 0 Å². The molecular weight excluding hydrogens is 366 g/mol. The number of aliphatic hydroxyl groups is 2. The average molecular weight is 391 g/mol. The molecule has 1 aliphatic carbocycles. The maximum Gasteiger partial charge on any atom is 0.335 e. The molecule has 3 N–H and O–H groups in total. The summed E-state index contributed by atoms with van der Waals surface area (Å²) in [7, 11) is 0. The number of aliphatic hydroxyl groups excluding tert-OH is 2. The molecule has 0 radical (unpaired) electrons. The van der Waals surface area contributed by atoms with Crippen LogP contribution < -0.4 is 0 Å². The van der Waals surface area contributed by atoms with E-state index in [2.05, 4.69) is 18.2 Å². The van der Waals surface area contributed by atoms with Crippen molar-refractivity contribution in [3.8, 4) is 11.3 Å². The largest absolute Gasteiger partial charge is 0.478 e. The zero-order valence-corrected chi connectivity index (χ0v) is 16.2. The van der Waals surface area contributed by atoms with Gasteiger partial charge in [0.15, 0.2) is 0 Å². The summed E-state index contributed by atoms with van der Waals surface area (Å²) in [6, 6.07) is 13.4. The molecule has 2 aromatic carbocycles. The lowest BCUT2D eigenvalue weighted by Gasteiger charge is -2.24. The van der Waals surface area contributed by atoms with E-state index >= 15 is 0 Å². The molecule has 2 heterocycles. The van der Waals surface area contributed by atoms with Crippen molar-refractivity contribution in [2.75, 3.05) is 0 Å². The summed E-state index contributed by atoms with van der Waals surface area (Å²) in [5.74, 6) is -0.459. The number of rotatable bonds is 2. The molecule has 5 heteroatoms. The first-order valence-corrected chi connectivity index (χ1v) is 10.4. The second kappa shape index (κ2) is 7.01. The Kier molecular flexibility index (Phi) is 4.45. The van der Waals surface area contributed by atoms with Gasteiger partial charge in [0.05, 0.1) is 12.1 Å². The van der Waals surface area contributed by atoms with Crippen LogP contribution in [0.4, 0.5) is 0 Å². The maximum atomic E-state index is 11.4. The molecule has 1 aromatic heterocycles. The van der Waals surface area contributed by atoms with E-state index < -0.39 is 18.2 Å². The Morgan fingerprint density at radius 3 is 2.52 bits per heavy atom. The predicted molar refractivity (Wildman–Crippen MR) is 111 cm³/mol. The van der Waals surface area contributed by atoms with Gasteiger partial charge in [-0.1, -0.05) is 43.5 Å². The quantitative estimate of drug-likeness (QED) is 0.602. The van der Waals surface area contributed by atoms with Crippen LogP contribution in [0.1, 0.15) is 65.6 Å². The molecule has 2 atom stereocenters. The minimum atomic E-state index is -0.978. The van der Waals surface area contributed by atoms with Gasteiger partial charge < -0.3 is 19.9 Å². The number of fused-ring (bicyclic) bond motifs is 5. The van der Waals surface area contributed by atoms with E-state index in [4.69, 9.17) is 0 Å². The lowest BCUT2D eigenvalue weighted by Crippen LogP contribution is -2.22. The number of carbonyl (C=O) groups is 1. The number of hydrogen-bond donors (Lipinski definition) is 3. The minimum absolute atomic E-state index is 0.213. The van der Waals surface area contributed by atoms with E-state index in [1.54, 1.807) is 18.2 Å². The van der Waals surface area contributed by atoms with Gasteiger partial charge >= 0.3 is 5.97 Å². The van der Waals surface area contributed by atoms with Crippen molar-refractivity contribution in [3.05, 3.63) is 59.2 Å². The van der Waals surface area contributed by atoms with Gasteiger partial charge in [-0.25, -0.2) is 4.79 Å². The predicted octanol–water partition coefficient (Wildman–Crippen LogP) is 4.46. The number of aromatic carboxylic acids is 1. The van der Waals surface area contributed by atoms with Crippen LogP contribution in [-0.2, 0) is 6.54 Å². The zero-order chi connectivity index (χ0) is 20.1. The van der Waals surface area contributed by atoms with Crippen LogP contribution in [0.5, 0.6) is 0 Å². The first-order chi connectivity index (χ1) is 14.0. The van der Waals surface area contributed by atoms with Crippen molar-refractivity contribution < 1.29 is 20.1 Å². The van der Waals surface area contributed by atoms with Gasteiger partial charge in [-0.2, -0.15) is 0 Å². The summed E-state index contributed by atoms with van der Waals surface area (Å²) >= 11 is 0. The van der Waals surface area contributed by atoms with Gasteiger partial charge in [0.2, 0.25) is 0 Å². The molecule has 1 saturated carbocycles. The zero-order valence-electron chi connectivity index (χ0n) is 16.2. The Bertz CT molecular complexity index is 1090.